The van der Waals surface area contributed by atoms with E-state index in [2.05, 4.69) is 9.97 Å². The van der Waals surface area contributed by atoms with E-state index in [0.717, 1.165) is 5.69 Å². The van der Waals surface area contributed by atoms with Crippen molar-refractivity contribution in [2.45, 2.75) is 25.7 Å². The number of nitrogen functional groups attached to an aromatic ring is 1. The number of nitrogens with two attached hydrogens (primary N) is 1. The molecule has 1 heterocycles. The fourth-order valence-corrected chi connectivity index (χ4v) is 2.55. The summed E-state index contributed by atoms with van der Waals surface area (Å²) in [6.07, 6.45) is 2.24. The minimum Gasteiger partial charge on any atom is -0.396 e. The van der Waals surface area contributed by atoms with Crippen LogP contribution in [0.5, 0.6) is 0 Å². The highest BCUT2D eigenvalue weighted by Gasteiger charge is 2.45. The molecule has 0 unspecified atom stereocenters. The Morgan fingerprint density at radius 3 is 2.86 bits per heavy atom. The van der Waals surface area contributed by atoms with Crippen LogP contribution in [0.1, 0.15) is 29.4 Å². The predicted molar refractivity (Wildman–Crippen MR) is 77.1 cm³/mol. The van der Waals surface area contributed by atoms with Crippen LogP contribution in [0.2, 0.25) is 0 Å². The molecule has 0 spiro atoms. The lowest BCUT2D eigenvalue weighted by molar-refractivity contribution is -0.119. The largest absolute Gasteiger partial charge is 0.396 e. The van der Waals surface area contributed by atoms with Gasteiger partial charge in [0.15, 0.2) is 0 Å². The second-order valence-electron chi connectivity index (χ2n) is 5.61. The van der Waals surface area contributed by atoms with E-state index in [1.807, 2.05) is 6.92 Å². The molecule has 2 N–H and O–H groups in total. The van der Waals surface area contributed by atoms with Gasteiger partial charge in [0, 0.05) is 36.2 Å². The molecule has 0 aliphatic heterocycles. The van der Waals surface area contributed by atoms with E-state index < -0.39 is 11.6 Å². The highest BCUT2D eigenvalue weighted by Crippen LogP contribution is 2.47. The smallest absolute Gasteiger partial charge is 0.149 e. The Kier molecular flexibility index (Phi) is 3.60. The van der Waals surface area contributed by atoms with Crippen molar-refractivity contribution in [3.63, 3.8) is 0 Å². The molecule has 1 aromatic carbocycles. The third-order valence-electron chi connectivity index (χ3n) is 3.88. The Morgan fingerprint density at radius 2 is 2.14 bits per heavy atom. The molecule has 3 rings (SSSR count). The summed E-state index contributed by atoms with van der Waals surface area (Å²) in [5.74, 6) is -1.21. The van der Waals surface area contributed by atoms with Crippen LogP contribution < -0.4 is 5.73 Å². The second kappa shape index (κ2) is 5.44. The van der Waals surface area contributed by atoms with Gasteiger partial charge in [0.05, 0.1) is 5.69 Å². The lowest BCUT2D eigenvalue weighted by Gasteiger charge is -2.05. The van der Waals surface area contributed by atoms with E-state index in [9.17, 15) is 13.6 Å². The van der Waals surface area contributed by atoms with Crippen molar-refractivity contribution < 1.29 is 13.6 Å². The van der Waals surface area contributed by atoms with Gasteiger partial charge in [0.25, 0.3) is 0 Å². The highest BCUT2D eigenvalue weighted by atomic mass is 19.1. The molecule has 2 aromatic rings. The number of halogens is 2. The zero-order chi connectivity index (χ0) is 15.9. The van der Waals surface area contributed by atoms with Gasteiger partial charge in [0.2, 0.25) is 0 Å². The van der Waals surface area contributed by atoms with Crippen LogP contribution >= 0.6 is 0 Å². The molecule has 1 aliphatic carbocycles. The third kappa shape index (κ3) is 2.81. The van der Waals surface area contributed by atoms with Crippen molar-refractivity contribution in [2.24, 2.45) is 5.92 Å². The number of anilines is 1. The number of carbonyl (C=O) groups is 1. The van der Waals surface area contributed by atoms with Crippen molar-refractivity contribution in [2.75, 3.05) is 5.73 Å². The van der Waals surface area contributed by atoms with Gasteiger partial charge in [-0.3, -0.25) is 4.79 Å². The second-order valence-corrected chi connectivity index (χ2v) is 5.61. The maximum atomic E-state index is 13.7. The van der Waals surface area contributed by atoms with Crippen LogP contribution in [0, 0.1) is 24.5 Å². The quantitative estimate of drug-likeness (QED) is 0.881. The average Bonchev–Trinajstić information content (AvgIpc) is 3.25. The first-order valence-corrected chi connectivity index (χ1v) is 7.01. The van der Waals surface area contributed by atoms with Crippen LogP contribution in [0.25, 0.3) is 0 Å². The van der Waals surface area contributed by atoms with E-state index in [0.29, 0.717) is 18.3 Å². The fraction of sp³-hybridized carbons (Fsp3) is 0.312. The van der Waals surface area contributed by atoms with Crippen molar-refractivity contribution >= 4 is 11.5 Å². The first-order valence-electron chi connectivity index (χ1n) is 7.01. The molecule has 1 saturated carbocycles. The topological polar surface area (TPSA) is 68.9 Å². The standard InChI is InChI=1S/C16H15F2N3O/c1-8-2-3-20-16(21-8)11-6-10(11)15(22)5-9-4-14(19)13(18)7-12(9)17/h2-4,7,10-11H,5-6,19H2,1H3/t10-,11-/m0/s1. The highest BCUT2D eigenvalue weighted by molar-refractivity contribution is 5.87. The summed E-state index contributed by atoms with van der Waals surface area (Å²) in [7, 11) is 0. The number of carbonyl (C=O) groups excluding carboxylic acids is 1. The monoisotopic (exact) mass is 303 g/mol. The minimum atomic E-state index is -0.814. The van der Waals surface area contributed by atoms with E-state index in [1.165, 1.54) is 6.07 Å². The van der Waals surface area contributed by atoms with Crippen molar-refractivity contribution in [3.05, 3.63) is 53.1 Å². The predicted octanol–water partition coefficient (Wildman–Crippen LogP) is 2.56. The molecule has 0 saturated heterocycles. The summed E-state index contributed by atoms with van der Waals surface area (Å²) in [4.78, 5) is 20.7. The van der Waals surface area contributed by atoms with E-state index in [4.69, 9.17) is 5.73 Å². The summed E-state index contributed by atoms with van der Waals surface area (Å²) in [6.45, 7) is 1.86. The minimum absolute atomic E-state index is 0.00624. The van der Waals surface area contributed by atoms with Crippen LogP contribution in [0.3, 0.4) is 0 Å². The maximum absolute atomic E-state index is 13.7. The SMILES string of the molecule is Cc1ccnc([C@H]2C[C@@H]2C(=O)Cc2cc(N)c(F)cc2F)n1. The van der Waals surface area contributed by atoms with E-state index in [-0.39, 0.29) is 35.3 Å². The summed E-state index contributed by atoms with van der Waals surface area (Å²) in [5, 5.41) is 0. The molecule has 1 fully saturated rings. The van der Waals surface area contributed by atoms with Crippen molar-refractivity contribution in [3.8, 4) is 0 Å². The average molecular weight is 303 g/mol. The molecule has 6 heteroatoms. The van der Waals surface area contributed by atoms with Gasteiger partial charge in [-0.15, -0.1) is 0 Å². The van der Waals surface area contributed by atoms with Gasteiger partial charge in [-0.2, -0.15) is 0 Å². The fourth-order valence-electron chi connectivity index (χ4n) is 2.55. The zero-order valence-electron chi connectivity index (χ0n) is 12.0. The molecule has 2 atom stereocenters. The number of ketones is 1. The van der Waals surface area contributed by atoms with Gasteiger partial charge in [-0.05, 0) is 31.0 Å². The van der Waals surface area contributed by atoms with Gasteiger partial charge in [0.1, 0.15) is 23.2 Å². The number of hydrogen-bond donors (Lipinski definition) is 1. The number of aromatic nitrogens is 2. The van der Waals surface area contributed by atoms with Crippen LogP contribution in [-0.2, 0) is 11.2 Å². The molecule has 1 aromatic heterocycles. The van der Waals surface area contributed by atoms with E-state index in [1.54, 1.807) is 12.3 Å². The third-order valence-corrected chi connectivity index (χ3v) is 3.88. The summed E-state index contributed by atoms with van der Waals surface area (Å²) >= 11 is 0. The maximum Gasteiger partial charge on any atom is 0.149 e. The van der Waals surface area contributed by atoms with Crippen molar-refractivity contribution in [1.82, 2.24) is 9.97 Å². The lowest BCUT2D eigenvalue weighted by atomic mass is 10.0. The Hall–Kier alpha value is -2.37. The molecule has 1 aliphatic rings. The van der Waals surface area contributed by atoms with Crippen LogP contribution in [0.15, 0.2) is 24.4 Å². The van der Waals surface area contributed by atoms with Gasteiger partial charge < -0.3 is 5.73 Å². The number of Topliss-reactive ketones (excluding diaryl/α,β-unsaturated/α-hetero) is 1. The molecule has 0 bridgehead atoms. The molecule has 22 heavy (non-hydrogen) atoms. The normalized spacial score (nSPS) is 20.0. The first kappa shape index (κ1) is 14.6. The Bertz CT molecular complexity index is 748. The summed E-state index contributed by atoms with van der Waals surface area (Å²) in [6, 6.07) is 3.69. The molecule has 0 radical (unpaired) electrons. The Balaban J connectivity index is 1.71. The number of nitrogens with zero attached hydrogens (tertiary/aromatic N) is 2. The van der Waals surface area contributed by atoms with Gasteiger partial charge in [-0.1, -0.05) is 0 Å². The molecule has 114 valence electrons. The van der Waals surface area contributed by atoms with Crippen molar-refractivity contribution in [1.29, 1.82) is 0 Å². The summed E-state index contributed by atoms with van der Waals surface area (Å²) < 4.78 is 26.8. The Morgan fingerprint density at radius 1 is 1.36 bits per heavy atom. The molecular weight excluding hydrogens is 288 g/mol. The number of rotatable bonds is 4. The molecule has 4 nitrogen and oxygen atoms in total. The number of hydrogen-bond acceptors (Lipinski definition) is 4. The number of aryl methyl sites for hydroxylation is 1. The van der Waals surface area contributed by atoms with Crippen LogP contribution in [-0.4, -0.2) is 15.8 Å². The first-order chi connectivity index (χ1) is 10.5. The Labute approximate surface area is 126 Å². The number of benzene rings is 1. The molecular formula is C16H15F2N3O. The van der Waals surface area contributed by atoms with Gasteiger partial charge in [-0.25, -0.2) is 18.7 Å². The summed E-state index contributed by atoms with van der Waals surface area (Å²) in [5.41, 5.74) is 6.24. The lowest BCUT2D eigenvalue weighted by Crippen LogP contribution is -2.10. The molecule has 0 amide bonds. The van der Waals surface area contributed by atoms with Gasteiger partial charge >= 0.3 is 0 Å². The zero-order valence-corrected chi connectivity index (χ0v) is 12.0. The van der Waals surface area contributed by atoms with Crippen LogP contribution in [0.4, 0.5) is 14.5 Å². The van der Waals surface area contributed by atoms with E-state index >= 15 is 0 Å².